The molecule has 0 bridgehead atoms. The lowest BCUT2D eigenvalue weighted by Gasteiger charge is -2.05. The van der Waals surface area contributed by atoms with Crippen LogP contribution in [0, 0.1) is 0 Å². The fraction of sp³-hybridized carbons (Fsp3) is 0. The first-order chi connectivity index (χ1) is 6.86. The Labute approximate surface area is 90.7 Å². The van der Waals surface area contributed by atoms with E-state index in [-0.39, 0.29) is 0 Å². The highest BCUT2D eigenvalue weighted by atomic mass is 79.9. The number of para-hydroxylation sites is 1. The van der Waals surface area contributed by atoms with E-state index in [0.29, 0.717) is 0 Å². The molecule has 0 spiro atoms. The smallest absolute Gasteiger partial charge is 0.145 e. The number of aromatic nitrogens is 1. The average molecular weight is 250 g/mol. The fourth-order valence-electron chi connectivity index (χ4n) is 1.06. The van der Waals surface area contributed by atoms with Crippen molar-refractivity contribution >= 4 is 15.9 Å². The van der Waals surface area contributed by atoms with Crippen LogP contribution in [0.25, 0.3) is 0 Å². The number of hydrogen-bond donors (Lipinski definition) is 0. The van der Waals surface area contributed by atoms with E-state index < -0.39 is 0 Å². The van der Waals surface area contributed by atoms with E-state index in [0.717, 1.165) is 16.0 Å². The van der Waals surface area contributed by atoms with Crippen molar-refractivity contribution in [1.29, 1.82) is 0 Å². The molecule has 0 aliphatic rings. The highest BCUT2D eigenvalue weighted by Gasteiger charge is 2.00. The van der Waals surface area contributed by atoms with Crippen molar-refractivity contribution in [2.75, 3.05) is 0 Å². The highest BCUT2D eigenvalue weighted by molar-refractivity contribution is 9.10. The van der Waals surface area contributed by atoms with Crippen molar-refractivity contribution in [2.45, 2.75) is 0 Å². The van der Waals surface area contributed by atoms with Crippen LogP contribution in [0.3, 0.4) is 0 Å². The molecule has 2 rings (SSSR count). The Hall–Kier alpha value is -1.35. The van der Waals surface area contributed by atoms with Crippen LogP contribution >= 0.6 is 15.9 Å². The van der Waals surface area contributed by atoms with Gasteiger partial charge in [0, 0.05) is 6.20 Å². The van der Waals surface area contributed by atoms with Gasteiger partial charge in [-0.05, 0) is 40.2 Å². The minimum absolute atomic E-state index is 0.736. The second-order valence-electron chi connectivity index (χ2n) is 2.72. The highest BCUT2D eigenvalue weighted by Crippen LogP contribution is 2.28. The van der Waals surface area contributed by atoms with E-state index in [9.17, 15) is 0 Å². The van der Waals surface area contributed by atoms with Crippen LogP contribution in [-0.4, -0.2) is 4.98 Å². The molecule has 0 atom stereocenters. The van der Waals surface area contributed by atoms with Crippen molar-refractivity contribution in [2.24, 2.45) is 0 Å². The summed E-state index contributed by atoms with van der Waals surface area (Å²) in [7, 11) is 0. The molecule has 0 amide bonds. The molecule has 0 aliphatic heterocycles. The van der Waals surface area contributed by atoms with Gasteiger partial charge >= 0.3 is 0 Å². The standard InChI is InChI=1S/C11H8BrNO/c12-10-5-1-2-6-11(10)14-9-4-3-7-13-8-9/h1-8H. The number of rotatable bonds is 2. The summed E-state index contributed by atoms with van der Waals surface area (Å²) in [5, 5.41) is 0. The summed E-state index contributed by atoms with van der Waals surface area (Å²) in [6, 6.07) is 11.4. The summed E-state index contributed by atoms with van der Waals surface area (Å²) in [4.78, 5) is 3.97. The number of benzene rings is 1. The Balaban J connectivity index is 2.24. The van der Waals surface area contributed by atoms with Crippen LogP contribution in [0.2, 0.25) is 0 Å². The topological polar surface area (TPSA) is 22.1 Å². The molecule has 2 aromatic rings. The lowest BCUT2D eigenvalue weighted by molar-refractivity contribution is 0.477. The van der Waals surface area contributed by atoms with E-state index in [1.54, 1.807) is 12.4 Å². The second-order valence-corrected chi connectivity index (χ2v) is 3.58. The van der Waals surface area contributed by atoms with E-state index in [1.807, 2.05) is 36.4 Å². The van der Waals surface area contributed by atoms with Crippen LogP contribution in [0.15, 0.2) is 53.3 Å². The van der Waals surface area contributed by atoms with E-state index >= 15 is 0 Å². The Morgan fingerprint density at radius 1 is 1.07 bits per heavy atom. The van der Waals surface area contributed by atoms with Gasteiger partial charge in [-0.1, -0.05) is 12.1 Å². The van der Waals surface area contributed by atoms with E-state index in [1.165, 1.54) is 0 Å². The number of hydrogen-bond acceptors (Lipinski definition) is 2. The molecule has 0 saturated heterocycles. The lowest BCUT2D eigenvalue weighted by Crippen LogP contribution is -1.85. The quantitative estimate of drug-likeness (QED) is 0.811. The maximum Gasteiger partial charge on any atom is 0.145 e. The number of nitrogens with zero attached hydrogens (tertiary/aromatic N) is 1. The van der Waals surface area contributed by atoms with Crippen molar-refractivity contribution < 1.29 is 4.74 Å². The lowest BCUT2D eigenvalue weighted by atomic mass is 10.3. The van der Waals surface area contributed by atoms with Crippen LogP contribution in [-0.2, 0) is 0 Å². The summed E-state index contributed by atoms with van der Waals surface area (Å²) in [5.41, 5.74) is 0. The summed E-state index contributed by atoms with van der Waals surface area (Å²) < 4.78 is 6.53. The molecule has 3 heteroatoms. The second kappa shape index (κ2) is 4.24. The first kappa shape index (κ1) is 9.21. The van der Waals surface area contributed by atoms with Gasteiger partial charge < -0.3 is 4.74 Å². The third-order valence-corrected chi connectivity index (χ3v) is 2.35. The molecule has 2 nitrogen and oxygen atoms in total. The largest absolute Gasteiger partial charge is 0.455 e. The van der Waals surface area contributed by atoms with Crippen LogP contribution in [0.1, 0.15) is 0 Å². The van der Waals surface area contributed by atoms with Crippen LogP contribution < -0.4 is 4.74 Å². The summed E-state index contributed by atoms with van der Waals surface area (Å²) in [6.45, 7) is 0. The SMILES string of the molecule is Brc1ccccc1Oc1cccnc1. The molecule has 0 radical (unpaired) electrons. The zero-order valence-corrected chi connectivity index (χ0v) is 8.94. The molecule has 1 aromatic carbocycles. The normalized spacial score (nSPS) is 9.79. The Bertz CT molecular complexity index is 417. The Morgan fingerprint density at radius 3 is 2.64 bits per heavy atom. The van der Waals surface area contributed by atoms with Crippen molar-refractivity contribution in [3.8, 4) is 11.5 Å². The predicted molar refractivity (Wildman–Crippen MR) is 58.5 cm³/mol. The molecular weight excluding hydrogens is 242 g/mol. The Morgan fingerprint density at radius 2 is 1.93 bits per heavy atom. The molecule has 0 aliphatic carbocycles. The zero-order valence-electron chi connectivity index (χ0n) is 7.35. The number of pyridine rings is 1. The van der Waals surface area contributed by atoms with E-state index in [4.69, 9.17) is 4.74 Å². The minimum Gasteiger partial charge on any atom is -0.455 e. The first-order valence-corrected chi connectivity index (χ1v) is 4.98. The molecule has 0 saturated carbocycles. The maximum atomic E-state index is 5.60. The third kappa shape index (κ3) is 2.12. The summed E-state index contributed by atoms with van der Waals surface area (Å²) in [5.74, 6) is 1.53. The first-order valence-electron chi connectivity index (χ1n) is 4.18. The third-order valence-electron chi connectivity index (χ3n) is 1.70. The van der Waals surface area contributed by atoms with E-state index in [2.05, 4.69) is 20.9 Å². The van der Waals surface area contributed by atoms with Crippen LogP contribution in [0.5, 0.6) is 11.5 Å². The van der Waals surface area contributed by atoms with Crippen molar-refractivity contribution in [1.82, 2.24) is 4.98 Å². The maximum absolute atomic E-state index is 5.60. The molecular formula is C11H8BrNO. The summed E-state index contributed by atoms with van der Waals surface area (Å²) >= 11 is 3.41. The van der Waals surface area contributed by atoms with Gasteiger partial charge in [0.2, 0.25) is 0 Å². The average Bonchev–Trinajstić information content (AvgIpc) is 2.23. The van der Waals surface area contributed by atoms with Crippen molar-refractivity contribution in [3.63, 3.8) is 0 Å². The van der Waals surface area contributed by atoms with Gasteiger partial charge in [-0.15, -0.1) is 0 Å². The number of ether oxygens (including phenoxy) is 1. The molecule has 14 heavy (non-hydrogen) atoms. The zero-order chi connectivity index (χ0) is 9.80. The number of halogens is 1. The monoisotopic (exact) mass is 249 g/mol. The van der Waals surface area contributed by atoms with Crippen molar-refractivity contribution in [3.05, 3.63) is 53.3 Å². The van der Waals surface area contributed by atoms with Gasteiger partial charge in [0.25, 0.3) is 0 Å². The fourth-order valence-corrected chi connectivity index (χ4v) is 1.43. The van der Waals surface area contributed by atoms with Crippen LogP contribution in [0.4, 0.5) is 0 Å². The molecule has 70 valence electrons. The van der Waals surface area contributed by atoms with Gasteiger partial charge in [0.1, 0.15) is 11.5 Å². The molecule has 1 heterocycles. The minimum atomic E-state index is 0.736. The molecule has 0 unspecified atom stereocenters. The van der Waals surface area contributed by atoms with Gasteiger partial charge in [0.15, 0.2) is 0 Å². The molecule has 1 aromatic heterocycles. The van der Waals surface area contributed by atoms with Gasteiger partial charge in [-0.25, -0.2) is 0 Å². The molecule has 0 N–H and O–H groups in total. The predicted octanol–water partition coefficient (Wildman–Crippen LogP) is 3.64. The molecule has 0 fully saturated rings. The van der Waals surface area contributed by atoms with Gasteiger partial charge in [-0.3, -0.25) is 4.98 Å². The Kier molecular flexibility index (Phi) is 2.79. The van der Waals surface area contributed by atoms with Gasteiger partial charge in [-0.2, -0.15) is 0 Å². The summed E-state index contributed by atoms with van der Waals surface area (Å²) in [6.07, 6.45) is 3.40. The van der Waals surface area contributed by atoms with Gasteiger partial charge in [0.05, 0.1) is 10.7 Å².